The predicted octanol–water partition coefficient (Wildman–Crippen LogP) is 10.9. The van der Waals surface area contributed by atoms with Gasteiger partial charge in [-0.3, -0.25) is 0 Å². The van der Waals surface area contributed by atoms with Crippen LogP contribution in [0.4, 0.5) is 0 Å². The van der Waals surface area contributed by atoms with Gasteiger partial charge in [0, 0.05) is 28.9 Å². The zero-order valence-corrected chi connectivity index (χ0v) is 27.7. The van der Waals surface area contributed by atoms with Gasteiger partial charge in [0.15, 0.2) is 0 Å². The molecule has 0 aliphatic heterocycles. The number of hydrogen-bond acceptors (Lipinski definition) is 4. The van der Waals surface area contributed by atoms with E-state index >= 15 is 0 Å². The van der Waals surface area contributed by atoms with Crippen molar-refractivity contribution in [1.82, 2.24) is 4.57 Å². The van der Waals surface area contributed by atoms with Crippen molar-refractivity contribution in [1.29, 1.82) is 5.41 Å². The average molecular weight is 637 g/mol. The van der Waals surface area contributed by atoms with Gasteiger partial charge in [-0.25, -0.2) is 0 Å². The number of fused-ring (bicyclic) bond motifs is 1. The zero-order valence-electron chi connectivity index (χ0n) is 27.7. The van der Waals surface area contributed by atoms with Gasteiger partial charge in [0.05, 0.1) is 6.61 Å². The molecule has 244 valence electrons. The molecule has 6 aromatic rings. The smallest absolute Gasteiger partial charge is 0.120 e. The van der Waals surface area contributed by atoms with E-state index in [0.29, 0.717) is 19.8 Å². The molecule has 0 atom stereocenters. The molecule has 0 saturated carbocycles. The van der Waals surface area contributed by atoms with E-state index in [1.165, 1.54) is 5.56 Å². The van der Waals surface area contributed by atoms with Gasteiger partial charge in [0.2, 0.25) is 0 Å². The standard InChI is InChI=1S/C43H44N2O3/c1-2-11-38(44)16-9-10-27-46-39-21-17-33(18-22-39)30-45-42-26-25-41(48-32-35-14-7-4-8-15-35)28-37(42)29-43(45)36-19-23-40(24-20-36)47-31-34-12-5-3-6-13-34/h3-8,12-15,17-26,28-29,44H,2,9-11,16,27,30-32H2,1H3. The molecule has 5 heteroatoms. The van der Waals surface area contributed by atoms with Crippen LogP contribution < -0.4 is 14.2 Å². The summed E-state index contributed by atoms with van der Waals surface area (Å²) in [5, 5.41) is 9.11. The van der Waals surface area contributed by atoms with Crippen molar-refractivity contribution < 1.29 is 14.2 Å². The Hall–Kier alpha value is -5.29. The number of ether oxygens (including phenoxy) is 3. The molecule has 1 N–H and O–H groups in total. The molecule has 0 bridgehead atoms. The van der Waals surface area contributed by atoms with Crippen LogP contribution in [0.5, 0.6) is 17.2 Å². The van der Waals surface area contributed by atoms with Crippen molar-refractivity contribution in [3.8, 4) is 28.5 Å². The molecule has 0 fully saturated rings. The predicted molar refractivity (Wildman–Crippen MR) is 196 cm³/mol. The Kier molecular flexibility index (Phi) is 11.2. The van der Waals surface area contributed by atoms with Crippen LogP contribution in [0, 0.1) is 5.41 Å². The molecule has 0 amide bonds. The third kappa shape index (κ3) is 8.95. The first-order chi connectivity index (χ1) is 23.6. The highest BCUT2D eigenvalue weighted by Gasteiger charge is 2.13. The summed E-state index contributed by atoms with van der Waals surface area (Å²) < 4.78 is 20.7. The number of nitrogens with zero attached hydrogens (tertiary/aromatic N) is 1. The average Bonchev–Trinajstić information content (AvgIpc) is 3.48. The minimum Gasteiger partial charge on any atom is -0.494 e. The minimum atomic E-state index is 0.529. The molecular weight excluding hydrogens is 592 g/mol. The summed E-state index contributed by atoms with van der Waals surface area (Å²) in [5.74, 6) is 2.58. The van der Waals surface area contributed by atoms with Gasteiger partial charge in [0.1, 0.15) is 30.5 Å². The van der Waals surface area contributed by atoms with Crippen LogP contribution in [0.2, 0.25) is 0 Å². The molecule has 0 radical (unpaired) electrons. The second kappa shape index (κ2) is 16.5. The fourth-order valence-electron chi connectivity index (χ4n) is 5.88. The lowest BCUT2D eigenvalue weighted by Crippen LogP contribution is -2.03. The maximum absolute atomic E-state index is 7.98. The van der Waals surface area contributed by atoms with Crippen LogP contribution in [-0.4, -0.2) is 16.9 Å². The molecule has 0 unspecified atom stereocenters. The molecule has 5 aromatic carbocycles. The first-order valence-corrected chi connectivity index (χ1v) is 17.0. The van der Waals surface area contributed by atoms with E-state index in [1.807, 2.05) is 48.5 Å². The fraction of sp³-hybridized carbons (Fsp3) is 0.233. The summed E-state index contributed by atoms with van der Waals surface area (Å²) in [6.45, 7) is 4.58. The first-order valence-electron chi connectivity index (χ1n) is 17.0. The maximum Gasteiger partial charge on any atom is 0.120 e. The molecule has 0 aliphatic rings. The van der Waals surface area contributed by atoms with Gasteiger partial charge in [-0.15, -0.1) is 0 Å². The number of unbranched alkanes of at least 4 members (excludes halogenated alkanes) is 1. The number of rotatable bonds is 17. The third-order valence-corrected chi connectivity index (χ3v) is 8.48. The molecule has 1 heterocycles. The van der Waals surface area contributed by atoms with Crippen LogP contribution in [0.3, 0.4) is 0 Å². The van der Waals surface area contributed by atoms with Gasteiger partial charge >= 0.3 is 0 Å². The largest absolute Gasteiger partial charge is 0.494 e. The van der Waals surface area contributed by atoms with Crippen LogP contribution in [0.15, 0.2) is 133 Å². The van der Waals surface area contributed by atoms with E-state index in [0.717, 1.165) is 94.9 Å². The van der Waals surface area contributed by atoms with Gasteiger partial charge in [-0.1, -0.05) is 86.1 Å². The third-order valence-electron chi connectivity index (χ3n) is 8.48. The Bertz CT molecular complexity index is 1880. The summed E-state index contributed by atoms with van der Waals surface area (Å²) in [7, 11) is 0. The highest BCUT2D eigenvalue weighted by Crippen LogP contribution is 2.33. The molecule has 6 rings (SSSR count). The van der Waals surface area contributed by atoms with Crippen LogP contribution >= 0.6 is 0 Å². The number of nitrogens with one attached hydrogen (secondary N) is 1. The lowest BCUT2D eigenvalue weighted by atomic mass is 10.1. The van der Waals surface area contributed by atoms with E-state index in [1.54, 1.807) is 0 Å². The quantitative estimate of drug-likeness (QED) is 0.0800. The van der Waals surface area contributed by atoms with Crippen molar-refractivity contribution >= 4 is 16.6 Å². The van der Waals surface area contributed by atoms with E-state index in [9.17, 15) is 0 Å². The summed E-state index contributed by atoms with van der Waals surface area (Å²) in [5.41, 5.74) is 7.74. The Morgan fingerprint density at radius 1 is 0.583 bits per heavy atom. The van der Waals surface area contributed by atoms with Crippen molar-refractivity contribution in [3.05, 3.63) is 150 Å². The van der Waals surface area contributed by atoms with Gasteiger partial charge < -0.3 is 24.2 Å². The molecule has 1 aromatic heterocycles. The minimum absolute atomic E-state index is 0.529. The second-order valence-corrected chi connectivity index (χ2v) is 12.2. The van der Waals surface area contributed by atoms with Crippen molar-refractivity contribution in [2.24, 2.45) is 0 Å². The van der Waals surface area contributed by atoms with Crippen LogP contribution in [-0.2, 0) is 19.8 Å². The Balaban J connectivity index is 1.18. The first kappa shape index (κ1) is 32.6. The highest BCUT2D eigenvalue weighted by molar-refractivity contribution is 5.88. The maximum atomic E-state index is 7.98. The topological polar surface area (TPSA) is 56.5 Å². The SMILES string of the molecule is CCCC(=N)CCCCOc1ccc(Cn2c(-c3ccc(OCc4ccccc4)cc3)cc3cc(OCc4ccccc4)ccc32)cc1. The molecule has 0 saturated heterocycles. The Morgan fingerprint density at radius 3 is 1.85 bits per heavy atom. The Morgan fingerprint density at radius 2 is 1.19 bits per heavy atom. The summed E-state index contributed by atoms with van der Waals surface area (Å²) in [6, 6.07) is 45.9. The van der Waals surface area contributed by atoms with E-state index in [2.05, 4.69) is 96.4 Å². The van der Waals surface area contributed by atoms with Crippen LogP contribution in [0.25, 0.3) is 22.2 Å². The van der Waals surface area contributed by atoms with E-state index < -0.39 is 0 Å². The second-order valence-electron chi connectivity index (χ2n) is 12.2. The summed E-state index contributed by atoms with van der Waals surface area (Å²) in [6.07, 6.45) is 4.77. The van der Waals surface area contributed by atoms with Crippen molar-refractivity contribution in [3.63, 3.8) is 0 Å². The molecule has 5 nitrogen and oxygen atoms in total. The molecule has 0 aliphatic carbocycles. The highest BCUT2D eigenvalue weighted by atomic mass is 16.5. The Labute approximate surface area is 284 Å². The monoisotopic (exact) mass is 636 g/mol. The molecular formula is C43H44N2O3. The van der Waals surface area contributed by atoms with Gasteiger partial charge in [-0.05, 0) is 109 Å². The normalized spacial score (nSPS) is 11.0. The number of benzene rings is 5. The lowest BCUT2D eigenvalue weighted by molar-refractivity contribution is 0.306. The molecule has 48 heavy (non-hydrogen) atoms. The summed E-state index contributed by atoms with van der Waals surface area (Å²) in [4.78, 5) is 0. The fourth-order valence-corrected chi connectivity index (χ4v) is 5.88. The number of aromatic nitrogens is 1. The van der Waals surface area contributed by atoms with E-state index in [-0.39, 0.29) is 0 Å². The van der Waals surface area contributed by atoms with Crippen molar-refractivity contribution in [2.45, 2.75) is 58.8 Å². The zero-order chi connectivity index (χ0) is 33.0. The van der Waals surface area contributed by atoms with Crippen molar-refractivity contribution in [2.75, 3.05) is 6.61 Å². The van der Waals surface area contributed by atoms with Crippen LogP contribution in [0.1, 0.15) is 55.7 Å². The summed E-state index contributed by atoms with van der Waals surface area (Å²) >= 11 is 0. The van der Waals surface area contributed by atoms with Gasteiger partial charge in [-0.2, -0.15) is 0 Å². The van der Waals surface area contributed by atoms with E-state index in [4.69, 9.17) is 19.6 Å². The number of hydrogen-bond donors (Lipinski definition) is 1. The molecule has 0 spiro atoms. The lowest BCUT2D eigenvalue weighted by Gasteiger charge is -2.13. The van der Waals surface area contributed by atoms with Gasteiger partial charge in [0.25, 0.3) is 0 Å².